The van der Waals surface area contributed by atoms with Crippen LogP contribution in [-0.2, 0) is 0 Å². The normalized spacial score (nSPS) is 11.8. The van der Waals surface area contributed by atoms with Gasteiger partial charge in [0, 0.05) is 17.6 Å². The molecule has 0 N–H and O–H groups in total. The van der Waals surface area contributed by atoms with E-state index in [2.05, 4.69) is 0 Å². The second kappa shape index (κ2) is 7.32. The second-order valence-electron chi connectivity index (χ2n) is 5.10. The van der Waals surface area contributed by atoms with Crippen LogP contribution < -0.4 is 4.74 Å². The molecule has 0 spiro atoms. The summed E-state index contributed by atoms with van der Waals surface area (Å²) < 4.78 is 5.39. The van der Waals surface area contributed by atoms with Gasteiger partial charge in [0.2, 0.25) is 0 Å². The van der Waals surface area contributed by atoms with Crippen molar-refractivity contribution in [3.63, 3.8) is 0 Å². The first kappa shape index (κ1) is 16.4. The van der Waals surface area contributed by atoms with Gasteiger partial charge >= 0.3 is 0 Å². The summed E-state index contributed by atoms with van der Waals surface area (Å²) in [5, 5.41) is 0.691. The van der Waals surface area contributed by atoms with Crippen molar-refractivity contribution in [1.82, 2.24) is 4.90 Å². The largest absolute Gasteiger partial charge is 0.494 e. The SMILES string of the molecule is CCOc1ccc(C(=O)N(C)C(C)c2ccc(Cl)cc2)cc1. The van der Waals surface area contributed by atoms with E-state index in [-0.39, 0.29) is 11.9 Å². The van der Waals surface area contributed by atoms with Gasteiger partial charge in [0.1, 0.15) is 5.75 Å². The van der Waals surface area contributed by atoms with E-state index in [9.17, 15) is 4.79 Å². The molecule has 1 amide bonds. The molecule has 0 aliphatic carbocycles. The van der Waals surface area contributed by atoms with Crippen LogP contribution in [0.15, 0.2) is 48.5 Å². The molecular formula is C18H20ClNO2. The predicted molar refractivity (Wildman–Crippen MR) is 89.6 cm³/mol. The fourth-order valence-electron chi connectivity index (χ4n) is 2.20. The molecule has 0 bridgehead atoms. The third-order valence-corrected chi connectivity index (χ3v) is 3.92. The molecule has 2 aromatic carbocycles. The van der Waals surface area contributed by atoms with Crippen molar-refractivity contribution in [2.75, 3.05) is 13.7 Å². The summed E-state index contributed by atoms with van der Waals surface area (Å²) in [4.78, 5) is 14.3. The summed E-state index contributed by atoms with van der Waals surface area (Å²) in [6, 6.07) is 14.7. The fourth-order valence-corrected chi connectivity index (χ4v) is 2.33. The van der Waals surface area contributed by atoms with Gasteiger partial charge in [-0.25, -0.2) is 0 Å². The van der Waals surface area contributed by atoms with E-state index < -0.39 is 0 Å². The Morgan fingerprint density at radius 2 is 1.73 bits per heavy atom. The van der Waals surface area contributed by atoms with Gasteiger partial charge in [0.25, 0.3) is 5.91 Å². The Balaban J connectivity index is 2.12. The van der Waals surface area contributed by atoms with Crippen LogP contribution in [0.1, 0.15) is 35.8 Å². The Hall–Kier alpha value is -2.00. The zero-order chi connectivity index (χ0) is 16.1. The fraction of sp³-hybridized carbons (Fsp3) is 0.278. The summed E-state index contributed by atoms with van der Waals surface area (Å²) in [7, 11) is 1.80. The minimum atomic E-state index is -0.0312. The minimum Gasteiger partial charge on any atom is -0.494 e. The average Bonchev–Trinajstić information content (AvgIpc) is 2.54. The first-order chi connectivity index (χ1) is 10.5. The Labute approximate surface area is 136 Å². The summed E-state index contributed by atoms with van der Waals surface area (Å²) in [6.45, 7) is 4.54. The molecule has 22 heavy (non-hydrogen) atoms. The number of carbonyl (C=O) groups is 1. The van der Waals surface area contributed by atoms with Gasteiger partial charge < -0.3 is 9.64 Å². The first-order valence-electron chi connectivity index (χ1n) is 7.28. The number of rotatable bonds is 5. The van der Waals surface area contributed by atoms with Crippen LogP contribution in [0.25, 0.3) is 0 Å². The maximum absolute atomic E-state index is 12.6. The highest BCUT2D eigenvalue weighted by Crippen LogP contribution is 2.23. The van der Waals surface area contributed by atoms with E-state index in [1.165, 1.54) is 0 Å². The van der Waals surface area contributed by atoms with Gasteiger partial charge in [-0.3, -0.25) is 4.79 Å². The van der Waals surface area contributed by atoms with Crippen molar-refractivity contribution in [2.24, 2.45) is 0 Å². The van der Waals surface area contributed by atoms with Gasteiger partial charge in [-0.05, 0) is 55.8 Å². The number of hydrogen-bond donors (Lipinski definition) is 0. The number of halogens is 1. The molecule has 0 aliphatic rings. The third-order valence-electron chi connectivity index (χ3n) is 3.67. The van der Waals surface area contributed by atoms with E-state index in [0.717, 1.165) is 11.3 Å². The molecule has 4 heteroatoms. The van der Waals surface area contributed by atoms with Crippen LogP contribution in [0.5, 0.6) is 5.75 Å². The lowest BCUT2D eigenvalue weighted by molar-refractivity contribution is 0.0742. The lowest BCUT2D eigenvalue weighted by atomic mass is 10.1. The second-order valence-corrected chi connectivity index (χ2v) is 5.54. The zero-order valence-electron chi connectivity index (χ0n) is 13.0. The molecule has 2 rings (SSSR count). The van der Waals surface area contributed by atoms with Crippen molar-refractivity contribution < 1.29 is 9.53 Å². The van der Waals surface area contributed by atoms with Gasteiger partial charge in [-0.15, -0.1) is 0 Å². The average molecular weight is 318 g/mol. The molecule has 3 nitrogen and oxygen atoms in total. The minimum absolute atomic E-state index is 0.0227. The molecule has 0 fully saturated rings. The third kappa shape index (κ3) is 3.80. The van der Waals surface area contributed by atoms with Crippen LogP contribution in [0.4, 0.5) is 0 Å². The molecule has 0 aliphatic heterocycles. The maximum atomic E-state index is 12.6. The lowest BCUT2D eigenvalue weighted by Crippen LogP contribution is -2.29. The molecule has 116 valence electrons. The number of carbonyl (C=O) groups excluding carboxylic acids is 1. The Morgan fingerprint density at radius 3 is 2.27 bits per heavy atom. The zero-order valence-corrected chi connectivity index (χ0v) is 13.8. The van der Waals surface area contributed by atoms with E-state index in [1.807, 2.05) is 50.2 Å². The number of hydrogen-bond acceptors (Lipinski definition) is 2. The quantitative estimate of drug-likeness (QED) is 0.808. The molecule has 1 atom stereocenters. The molecule has 0 radical (unpaired) electrons. The smallest absolute Gasteiger partial charge is 0.254 e. The van der Waals surface area contributed by atoms with Crippen molar-refractivity contribution in [3.05, 3.63) is 64.7 Å². The van der Waals surface area contributed by atoms with E-state index in [1.54, 1.807) is 24.1 Å². The van der Waals surface area contributed by atoms with Crippen molar-refractivity contribution in [1.29, 1.82) is 0 Å². The standard InChI is InChI=1S/C18H20ClNO2/c1-4-22-17-11-7-15(8-12-17)18(21)20(3)13(2)14-5-9-16(19)10-6-14/h5-13H,4H2,1-3H3. The Kier molecular flexibility index (Phi) is 5.45. The molecule has 0 saturated carbocycles. The molecule has 0 aromatic heterocycles. The van der Waals surface area contributed by atoms with E-state index in [4.69, 9.17) is 16.3 Å². The van der Waals surface area contributed by atoms with Crippen molar-refractivity contribution >= 4 is 17.5 Å². The Morgan fingerprint density at radius 1 is 1.14 bits per heavy atom. The molecule has 0 saturated heterocycles. The summed E-state index contributed by atoms with van der Waals surface area (Å²) in [5.41, 5.74) is 1.69. The number of amides is 1. The highest BCUT2D eigenvalue weighted by Gasteiger charge is 2.18. The highest BCUT2D eigenvalue weighted by molar-refractivity contribution is 6.30. The van der Waals surface area contributed by atoms with E-state index >= 15 is 0 Å². The van der Waals surface area contributed by atoms with Gasteiger partial charge in [0.15, 0.2) is 0 Å². The monoisotopic (exact) mass is 317 g/mol. The molecule has 1 unspecified atom stereocenters. The summed E-state index contributed by atoms with van der Waals surface area (Å²) >= 11 is 5.90. The van der Waals surface area contributed by atoms with Gasteiger partial charge in [-0.2, -0.15) is 0 Å². The van der Waals surface area contributed by atoms with Gasteiger partial charge in [0.05, 0.1) is 12.6 Å². The number of benzene rings is 2. The highest BCUT2D eigenvalue weighted by atomic mass is 35.5. The van der Waals surface area contributed by atoms with Crippen LogP contribution >= 0.6 is 11.6 Å². The molecular weight excluding hydrogens is 298 g/mol. The first-order valence-corrected chi connectivity index (χ1v) is 7.66. The predicted octanol–water partition coefficient (Wildman–Crippen LogP) is 4.57. The van der Waals surface area contributed by atoms with Crippen LogP contribution in [-0.4, -0.2) is 24.5 Å². The maximum Gasteiger partial charge on any atom is 0.254 e. The lowest BCUT2D eigenvalue weighted by Gasteiger charge is -2.25. The molecule has 2 aromatic rings. The number of ether oxygens (including phenoxy) is 1. The van der Waals surface area contributed by atoms with Gasteiger partial charge in [-0.1, -0.05) is 23.7 Å². The van der Waals surface area contributed by atoms with Crippen LogP contribution in [0.2, 0.25) is 5.02 Å². The summed E-state index contributed by atoms with van der Waals surface area (Å²) in [6.07, 6.45) is 0. The summed E-state index contributed by atoms with van der Waals surface area (Å²) in [5.74, 6) is 0.748. The van der Waals surface area contributed by atoms with Crippen LogP contribution in [0.3, 0.4) is 0 Å². The number of nitrogens with zero attached hydrogens (tertiary/aromatic N) is 1. The topological polar surface area (TPSA) is 29.5 Å². The molecule has 0 heterocycles. The van der Waals surface area contributed by atoms with Crippen molar-refractivity contribution in [2.45, 2.75) is 19.9 Å². The van der Waals surface area contributed by atoms with E-state index in [0.29, 0.717) is 17.2 Å². The van der Waals surface area contributed by atoms with Crippen LogP contribution in [0, 0.1) is 0 Å². The Bertz CT molecular complexity index is 623. The van der Waals surface area contributed by atoms with Crippen molar-refractivity contribution in [3.8, 4) is 5.75 Å².